The lowest BCUT2D eigenvalue weighted by atomic mass is 10.2. The number of pyridine rings is 1. The summed E-state index contributed by atoms with van der Waals surface area (Å²) in [4.78, 5) is 10.8. The fraction of sp³-hybridized carbons (Fsp3) is 0. The fourth-order valence-electron chi connectivity index (χ4n) is 1.53. The Balaban J connectivity index is 2.44. The maximum absolute atomic E-state index is 8.82. The van der Waals surface area contributed by atoms with E-state index in [0.29, 0.717) is 22.5 Å². The molecular weight excluding hydrogens is 311 g/mol. The van der Waals surface area contributed by atoms with Gasteiger partial charge in [0.05, 0.1) is 21.7 Å². The van der Waals surface area contributed by atoms with E-state index < -0.39 is 0 Å². The Kier molecular flexibility index (Phi) is 4.75. The van der Waals surface area contributed by atoms with E-state index in [1.165, 1.54) is 30.7 Å². The normalized spacial score (nSPS) is 10.1. The maximum Gasteiger partial charge on any atom is 0.100 e. The van der Waals surface area contributed by atoms with Crippen LogP contribution in [0.4, 0.5) is 11.4 Å². The zero-order chi connectivity index (χ0) is 15.2. The van der Waals surface area contributed by atoms with Crippen molar-refractivity contribution in [1.29, 1.82) is 5.26 Å². The first-order valence-corrected chi connectivity index (χ1v) is 6.33. The lowest BCUT2D eigenvalue weighted by Gasteiger charge is -2.02. The molecule has 0 unspecified atom stereocenters. The molecule has 0 saturated carbocycles. The molecule has 1 aromatic carbocycles. The van der Waals surface area contributed by atoms with Gasteiger partial charge in [-0.2, -0.15) is 5.26 Å². The number of benzene rings is 1. The molecule has 0 spiro atoms. The number of halogens is 2. The Morgan fingerprint density at radius 2 is 2.05 bits per heavy atom. The Morgan fingerprint density at radius 1 is 1.33 bits per heavy atom. The van der Waals surface area contributed by atoms with Crippen molar-refractivity contribution in [1.82, 2.24) is 4.98 Å². The summed E-state index contributed by atoms with van der Waals surface area (Å²) in [5, 5.41) is 12.9. The van der Waals surface area contributed by atoms with Crippen LogP contribution in [0.25, 0.3) is 10.4 Å². The van der Waals surface area contributed by atoms with E-state index in [4.69, 9.17) is 34.0 Å². The number of azide groups is 1. The van der Waals surface area contributed by atoms with Gasteiger partial charge < -0.3 is 0 Å². The number of hydrogen-bond donors (Lipinski definition) is 0. The van der Waals surface area contributed by atoms with Gasteiger partial charge in [-0.05, 0) is 23.7 Å². The predicted octanol–water partition coefficient (Wildman–Crippen LogP) is 4.95. The molecule has 1 aromatic heterocycles. The van der Waals surface area contributed by atoms with E-state index in [9.17, 15) is 0 Å². The van der Waals surface area contributed by atoms with Gasteiger partial charge in [-0.1, -0.05) is 28.3 Å². The smallest absolute Gasteiger partial charge is 0.100 e. The number of rotatable bonds is 3. The minimum absolute atomic E-state index is 0.254. The van der Waals surface area contributed by atoms with Crippen LogP contribution in [0.1, 0.15) is 11.1 Å². The van der Waals surface area contributed by atoms with Crippen LogP contribution in [0.5, 0.6) is 0 Å². The molecule has 102 valence electrons. The number of aromatic nitrogens is 1. The minimum atomic E-state index is 0.254. The summed E-state index contributed by atoms with van der Waals surface area (Å²) >= 11 is 12.1. The van der Waals surface area contributed by atoms with Crippen molar-refractivity contribution < 1.29 is 0 Å². The number of hydrogen-bond acceptors (Lipinski definition) is 4. The van der Waals surface area contributed by atoms with Gasteiger partial charge in [-0.15, -0.1) is 0 Å². The molecule has 6 nitrogen and oxygen atoms in total. The zero-order valence-corrected chi connectivity index (χ0v) is 11.9. The number of nitriles is 1. The lowest BCUT2D eigenvalue weighted by Crippen LogP contribution is -1.84. The molecule has 2 aromatic rings. The monoisotopic (exact) mass is 316 g/mol. The van der Waals surface area contributed by atoms with Crippen LogP contribution in [0, 0.1) is 11.3 Å². The molecule has 21 heavy (non-hydrogen) atoms. The zero-order valence-electron chi connectivity index (χ0n) is 10.4. The summed E-state index contributed by atoms with van der Waals surface area (Å²) in [6.07, 6.45) is 4.44. The van der Waals surface area contributed by atoms with Crippen molar-refractivity contribution in [3.8, 4) is 6.07 Å². The van der Waals surface area contributed by atoms with Gasteiger partial charge in [0.2, 0.25) is 0 Å². The third kappa shape index (κ3) is 3.50. The summed E-state index contributed by atoms with van der Waals surface area (Å²) in [6, 6.07) is 6.45. The van der Waals surface area contributed by atoms with Gasteiger partial charge in [0.15, 0.2) is 0 Å². The van der Waals surface area contributed by atoms with Gasteiger partial charge in [-0.3, -0.25) is 9.98 Å². The largest absolute Gasteiger partial charge is 0.264 e. The highest BCUT2D eigenvalue weighted by molar-refractivity contribution is 6.39. The van der Waals surface area contributed by atoms with Crippen molar-refractivity contribution in [2.24, 2.45) is 10.1 Å². The van der Waals surface area contributed by atoms with Crippen LogP contribution in [0.3, 0.4) is 0 Å². The second-order valence-electron chi connectivity index (χ2n) is 3.78. The van der Waals surface area contributed by atoms with Gasteiger partial charge in [0.25, 0.3) is 0 Å². The molecule has 0 bridgehead atoms. The standard InChI is InChI=1S/C13H6Cl2N6/c14-10-3-8(5-16)4-11(15)13(10)19-7-9-6-18-2-1-12(9)20-21-17/h1-4,6-7H. The predicted molar refractivity (Wildman–Crippen MR) is 81.5 cm³/mol. The molecule has 2 rings (SSSR count). The van der Waals surface area contributed by atoms with Gasteiger partial charge in [-0.25, -0.2) is 0 Å². The maximum atomic E-state index is 8.82. The molecular formula is C13H6Cl2N6. The molecule has 0 amide bonds. The van der Waals surface area contributed by atoms with Crippen LogP contribution in [0.2, 0.25) is 10.0 Å². The second kappa shape index (κ2) is 6.73. The molecule has 0 N–H and O–H groups in total. The quantitative estimate of drug-likeness (QED) is 0.346. The fourth-order valence-corrected chi connectivity index (χ4v) is 2.11. The van der Waals surface area contributed by atoms with Crippen molar-refractivity contribution in [2.75, 3.05) is 0 Å². The van der Waals surface area contributed by atoms with Gasteiger partial charge in [0.1, 0.15) is 5.69 Å². The van der Waals surface area contributed by atoms with Crippen LogP contribution >= 0.6 is 23.2 Å². The van der Waals surface area contributed by atoms with E-state index in [1.807, 2.05) is 6.07 Å². The number of nitrogens with zero attached hydrogens (tertiary/aromatic N) is 6. The van der Waals surface area contributed by atoms with E-state index in [-0.39, 0.29) is 10.0 Å². The molecule has 0 radical (unpaired) electrons. The molecule has 0 aliphatic rings. The van der Waals surface area contributed by atoms with Crippen molar-refractivity contribution in [3.05, 3.63) is 62.2 Å². The molecule has 1 heterocycles. The van der Waals surface area contributed by atoms with Crippen LogP contribution < -0.4 is 0 Å². The molecule has 0 atom stereocenters. The average Bonchev–Trinajstić information content (AvgIpc) is 2.48. The third-order valence-electron chi connectivity index (χ3n) is 2.46. The molecule has 0 aliphatic carbocycles. The Morgan fingerprint density at radius 3 is 2.67 bits per heavy atom. The second-order valence-corrected chi connectivity index (χ2v) is 4.60. The van der Waals surface area contributed by atoms with Crippen LogP contribution in [0.15, 0.2) is 40.7 Å². The summed E-state index contributed by atoms with van der Waals surface area (Å²) in [5.74, 6) is 0. The molecule has 0 fully saturated rings. The molecule has 0 saturated heterocycles. The van der Waals surface area contributed by atoms with Gasteiger partial charge in [0, 0.05) is 34.8 Å². The van der Waals surface area contributed by atoms with Gasteiger partial charge >= 0.3 is 0 Å². The van der Waals surface area contributed by atoms with Crippen LogP contribution in [-0.4, -0.2) is 11.2 Å². The van der Waals surface area contributed by atoms with Crippen molar-refractivity contribution in [2.45, 2.75) is 0 Å². The Labute approximate surface area is 129 Å². The first-order valence-electron chi connectivity index (χ1n) is 5.58. The summed E-state index contributed by atoms with van der Waals surface area (Å²) in [7, 11) is 0. The topological polar surface area (TPSA) is 97.8 Å². The van der Waals surface area contributed by atoms with Crippen molar-refractivity contribution in [3.63, 3.8) is 0 Å². The molecule has 8 heteroatoms. The highest BCUT2D eigenvalue weighted by Gasteiger charge is 2.07. The SMILES string of the molecule is N#Cc1cc(Cl)c(N=Cc2cnccc2N=[N+]=[N-])c(Cl)c1. The highest BCUT2D eigenvalue weighted by atomic mass is 35.5. The highest BCUT2D eigenvalue weighted by Crippen LogP contribution is 2.34. The first kappa shape index (κ1) is 14.8. The third-order valence-corrected chi connectivity index (χ3v) is 3.04. The van der Waals surface area contributed by atoms with E-state index in [2.05, 4.69) is 20.0 Å². The minimum Gasteiger partial charge on any atom is -0.264 e. The molecule has 0 aliphatic heterocycles. The van der Waals surface area contributed by atoms with E-state index in [1.54, 1.807) is 6.07 Å². The Hall–Kier alpha value is -2.58. The number of aliphatic imine (C=N–C) groups is 1. The average molecular weight is 317 g/mol. The van der Waals surface area contributed by atoms with Crippen LogP contribution in [-0.2, 0) is 0 Å². The summed E-state index contributed by atoms with van der Waals surface area (Å²) in [6.45, 7) is 0. The lowest BCUT2D eigenvalue weighted by molar-refractivity contribution is 1.29. The summed E-state index contributed by atoms with van der Waals surface area (Å²) in [5.41, 5.74) is 10.1. The van der Waals surface area contributed by atoms with Crippen molar-refractivity contribution >= 4 is 40.8 Å². The first-order chi connectivity index (χ1) is 10.2. The van der Waals surface area contributed by atoms with E-state index in [0.717, 1.165) is 0 Å². The Bertz CT molecular complexity index is 780. The van der Waals surface area contributed by atoms with E-state index >= 15 is 0 Å². The summed E-state index contributed by atoms with van der Waals surface area (Å²) < 4.78 is 0.